The van der Waals surface area contributed by atoms with E-state index in [1.807, 2.05) is 24.3 Å². The Hall–Kier alpha value is -2.62. The molecular formula is C27H32O4. The second kappa shape index (κ2) is 6.69. The highest BCUT2D eigenvalue weighted by molar-refractivity contribution is 5.98. The number of fused-ring (bicyclic) bond motifs is 4. The minimum atomic E-state index is -0.508. The molecule has 0 N–H and O–H groups in total. The molecule has 0 saturated carbocycles. The summed E-state index contributed by atoms with van der Waals surface area (Å²) in [5.74, 6) is 1.69. The van der Waals surface area contributed by atoms with Gasteiger partial charge in [0.1, 0.15) is 24.7 Å². The van der Waals surface area contributed by atoms with Gasteiger partial charge in [-0.3, -0.25) is 9.59 Å². The van der Waals surface area contributed by atoms with Gasteiger partial charge in [-0.15, -0.1) is 0 Å². The molecule has 4 rings (SSSR count). The number of benzene rings is 2. The van der Waals surface area contributed by atoms with E-state index in [-0.39, 0.29) is 22.4 Å². The lowest BCUT2D eigenvalue weighted by molar-refractivity contribution is 0.100. The van der Waals surface area contributed by atoms with Crippen LogP contribution in [-0.2, 0) is 16.2 Å². The monoisotopic (exact) mass is 420 g/mol. The zero-order chi connectivity index (χ0) is 22.9. The number of carbonyl (C=O) groups excluding carboxylic acids is 2. The van der Waals surface area contributed by atoms with Gasteiger partial charge < -0.3 is 9.47 Å². The minimum absolute atomic E-state index is 0.0430. The predicted octanol–water partition coefficient (Wildman–Crippen LogP) is 5.76. The van der Waals surface area contributed by atoms with Gasteiger partial charge in [-0.25, -0.2) is 0 Å². The predicted molar refractivity (Wildman–Crippen MR) is 122 cm³/mol. The third kappa shape index (κ3) is 3.28. The highest BCUT2D eigenvalue weighted by Gasteiger charge is 2.50. The molecule has 0 amide bonds. The molecule has 2 heterocycles. The van der Waals surface area contributed by atoms with Gasteiger partial charge in [0.05, 0.1) is 5.41 Å². The van der Waals surface area contributed by atoms with Crippen LogP contribution in [0.15, 0.2) is 24.3 Å². The van der Waals surface area contributed by atoms with Crippen molar-refractivity contribution in [3.63, 3.8) is 0 Å². The molecule has 164 valence electrons. The van der Waals surface area contributed by atoms with Crippen LogP contribution >= 0.6 is 0 Å². The molecule has 4 nitrogen and oxygen atoms in total. The molecule has 1 spiro atoms. The fraction of sp³-hybridized carbons (Fsp3) is 0.481. The van der Waals surface area contributed by atoms with E-state index in [1.54, 1.807) is 13.8 Å². The standard InChI is InChI=1S/C27H32O4/c1-15(28)17-9-21-23(11-19(17)25(3,4)5)30-13-27(21)14-31-24-12-20(26(6,7)8)18(16(2)29)10-22(24)27/h9-12H,13-14H2,1-8H3. The van der Waals surface area contributed by atoms with E-state index in [2.05, 4.69) is 41.5 Å². The van der Waals surface area contributed by atoms with E-state index in [1.165, 1.54) is 0 Å². The Morgan fingerprint density at radius 1 is 0.710 bits per heavy atom. The first-order chi connectivity index (χ1) is 14.3. The van der Waals surface area contributed by atoms with Gasteiger partial charge in [0.25, 0.3) is 0 Å². The van der Waals surface area contributed by atoms with E-state index in [9.17, 15) is 9.59 Å². The second-order valence-electron chi connectivity index (χ2n) is 11.1. The first-order valence-corrected chi connectivity index (χ1v) is 10.9. The van der Waals surface area contributed by atoms with Crippen molar-refractivity contribution in [2.45, 2.75) is 71.6 Å². The van der Waals surface area contributed by atoms with Gasteiger partial charge in [-0.05, 0) is 60.1 Å². The van der Waals surface area contributed by atoms with Crippen molar-refractivity contribution in [3.05, 3.63) is 57.6 Å². The molecule has 4 heteroatoms. The number of hydrogen-bond donors (Lipinski definition) is 0. The Morgan fingerprint density at radius 3 is 1.35 bits per heavy atom. The quantitative estimate of drug-likeness (QED) is 0.580. The van der Waals surface area contributed by atoms with Gasteiger partial charge in [0, 0.05) is 22.3 Å². The average molecular weight is 421 g/mol. The molecule has 0 atom stereocenters. The van der Waals surface area contributed by atoms with Crippen LogP contribution in [0.2, 0.25) is 0 Å². The number of ether oxygens (including phenoxy) is 2. The summed E-state index contributed by atoms with van der Waals surface area (Å²) in [4.78, 5) is 25.1. The Kier molecular flexibility index (Phi) is 4.66. The van der Waals surface area contributed by atoms with Crippen molar-refractivity contribution >= 4 is 11.6 Å². The van der Waals surface area contributed by atoms with Crippen molar-refractivity contribution in [1.29, 1.82) is 0 Å². The highest BCUT2D eigenvalue weighted by atomic mass is 16.5. The van der Waals surface area contributed by atoms with Crippen LogP contribution in [-0.4, -0.2) is 24.8 Å². The van der Waals surface area contributed by atoms with Gasteiger partial charge in [-0.2, -0.15) is 0 Å². The van der Waals surface area contributed by atoms with Crippen molar-refractivity contribution < 1.29 is 19.1 Å². The summed E-state index contributed by atoms with van der Waals surface area (Å²) in [6.07, 6.45) is 0. The van der Waals surface area contributed by atoms with Gasteiger partial charge in [0.15, 0.2) is 11.6 Å². The number of hydrogen-bond acceptors (Lipinski definition) is 4. The van der Waals surface area contributed by atoms with Gasteiger partial charge in [-0.1, -0.05) is 41.5 Å². The zero-order valence-corrected chi connectivity index (χ0v) is 19.9. The molecule has 2 aromatic rings. The minimum Gasteiger partial charge on any atom is -0.492 e. The Morgan fingerprint density at radius 2 is 1.06 bits per heavy atom. The van der Waals surface area contributed by atoms with Crippen molar-refractivity contribution in [3.8, 4) is 11.5 Å². The van der Waals surface area contributed by atoms with E-state index < -0.39 is 5.41 Å². The fourth-order valence-electron chi connectivity index (χ4n) is 4.87. The van der Waals surface area contributed by atoms with Gasteiger partial charge in [0.2, 0.25) is 0 Å². The zero-order valence-electron chi connectivity index (χ0n) is 19.9. The Labute approximate surface area is 185 Å². The average Bonchev–Trinajstić information content (AvgIpc) is 3.20. The van der Waals surface area contributed by atoms with Crippen LogP contribution in [0, 0.1) is 0 Å². The highest BCUT2D eigenvalue weighted by Crippen LogP contribution is 2.53. The Bertz CT molecular complexity index is 1020. The third-order valence-corrected chi connectivity index (χ3v) is 6.59. The maximum Gasteiger partial charge on any atom is 0.160 e. The number of ketones is 2. The first kappa shape index (κ1) is 21.6. The Balaban J connectivity index is 1.95. The van der Waals surface area contributed by atoms with Crippen LogP contribution in [0.1, 0.15) is 98.4 Å². The first-order valence-electron chi connectivity index (χ1n) is 10.9. The SMILES string of the molecule is CC(=O)c1cc2c(cc1C(C)(C)C)OCC21COc2cc(C(C)(C)C)c(C(C)=O)cc21. The van der Waals surface area contributed by atoms with Crippen molar-refractivity contribution in [2.24, 2.45) is 0 Å². The molecule has 0 radical (unpaired) electrons. The maximum atomic E-state index is 12.5. The van der Waals surface area contributed by atoms with Gasteiger partial charge >= 0.3 is 0 Å². The summed E-state index contributed by atoms with van der Waals surface area (Å²) in [6, 6.07) is 8.03. The molecule has 2 aromatic carbocycles. The van der Waals surface area contributed by atoms with Crippen LogP contribution in [0.5, 0.6) is 11.5 Å². The number of carbonyl (C=O) groups is 2. The fourth-order valence-corrected chi connectivity index (χ4v) is 4.87. The summed E-state index contributed by atoms with van der Waals surface area (Å²) < 4.78 is 12.4. The lowest BCUT2D eigenvalue weighted by Gasteiger charge is -2.26. The lowest BCUT2D eigenvalue weighted by atomic mass is 9.73. The molecule has 0 fully saturated rings. The third-order valence-electron chi connectivity index (χ3n) is 6.59. The van der Waals surface area contributed by atoms with Crippen molar-refractivity contribution in [1.82, 2.24) is 0 Å². The molecule has 0 aromatic heterocycles. The van der Waals surface area contributed by atoms with E-state index in [0.717, 1.165) is 44.9 Å². The molecule has 0 saturated heterocycles. The molecule has 0 unspecified atom stereocenters. The van der Waals surface area contributed by atoms with Crippen LogP contribution in [0.4, 0.5) is 0 Å². The number of rotatable bonds is 2. The molecule has 2 aliphatic rings. The smallest absolute Gasteiger partial charge is 0.160 e. The summed E-state index contributed by atoms with van der Waals surface area (Å²) in [6.45, 7) is 16.7. The normalized spacial score (nSPS) is 16.5. The van der Waals surface area contributed by atoms with E-state index >= 15 is 0 Å². The van der Waals surface area contributed by atoms with Crippen LogP contribution < -0.4 is 9.47 Å². The van der Waals surface area contributed by atoms with Crippen LogP contribution in [0.25, 0.3) is 0 Å². The summed E-state index contributed by atoms with van der Waals surface area (Å²) >= 11 is 0. The second-order valence-corrected chi connectivity index (χ2v) is 11.1. The van der Waals surface area contributed by atoms with E-state index in [4.69, 9.17) is 9.47 Å². The lowest BCUT2D eigenvalue weighted by Crippen LogP contribution is -2.32. The van der Waals surface area contributed by atoms with E-state index in [0.29, 0.717) is 13.2 Å². The summed E-state index contributed by atoms with van der Waals surface area (Å²) in [5.41, 5.74) is 4.51. The van der Waals surface area contributed by atoms with Crippen molar-refractivity contribution in [2.75, 3.05) is 13.2 Å². The molecular weight excluding hydrogens is 388 g/mol. The number of Topliss-reactive ketones (excluding diaryl/α,β-unsaturated/α-hetero) is 2. The summed E-state index contributed by atoms with van der Waals surface area (Å²) in [7, 11) is 0. The molecule has 2 aliphatic heterocycles. The molecule has 0 bridgehead atoms. The molecule has 0 aliphatic carbocycles. The topological polar surface area (TPSA) is 52.6 Å². The summed E-state index contributed by atoms with van der Waals surface area (Å²) in [5, 5.41) is 0. The maximum absolute atomic E-state index is 12.5. The molecule has 31 heavy (non-hydrogen) atoms. The van der Waals surface area contributed by atoms with Crippen LogP contribution in [0.3, 0.4) is 0 Å². The largest absolute Gasteiger partial charge is 0.492 e.